The van der Waals surface area contributed by atoms with E-state index in [4.69, 9.17) is 0 Å². The van der Waals surface area contributed by atoms with Crippen LogP contribution in [0.25, 0.3) is 22.2 Å². The second kappa shape index (κ2) is 5.40. The smallest absolute Gasteiger partial charge is 0.360 e. The number of nitrogens with zero attached hydrogens (tertiary/aromatic N) is 3. The number of aromatic hydroxyl groups is 1. The Morgan fingerprint density at radius 3 is 2.73 bits per heavy atom. The van der Waals surface area contributed by atoms with Crippen molar-refractivity contribution in [3.63, 3.8) is 0 Å². The van der Waals surface area contributed by atoms with Crippen molar-refractivity contribution in [3.8, 4) is 17.0 Å². The molecule has 0 unspecified atom stereocenters. The quantitative estimate of drug-likeness (QED) is 0.731. The fourth-order valence-corrected chi connectivity index (χ4v) is 2.24. The van der Waals surface area contributed by atoms with E-state index in [1.165, 1.54) is 7.11 Å². The van der Waals surface area contributed by atoms with Crippen molar-refractivity contribution in [3.05, 3.63) is 48.0 Å². The molecule has 0 amide bonds. The molecule has 0 saturated heterocycles. The topological polar surface area (TPSA) is 85.2 Å². The van der Waals surface area contributed by atoms with Crippen LogP contribution in [0, 0.1) is 6.92 Å². The van der Waals surface area contributed by atoms with Gasteiger partial charge in [0.15, 0.2) is 11.4 Å². The average molecular weight is 295 g/mol. The summed E-state index contributed by atoms with van der Waals surface area (Å²) < 4.78 is 4.62. The maximum Gasteiger partial charge on any atom is 0.360 e. The van der Waals surface area contributed by atoms with Crippen LogP contribution in [0.2, 0.25) is 0 Å². The first-order valence-electron chi connectivity index (χ1n) is 6.61. The van der Waals surface area contributed by atoms with Crippen LogP contribution >= 0.6 is 0 Å². The fourth-order valence-electron chi connectivity index (χ4n) is 2.24. The Labute approximate surface area is 126 Å². The third-order valence-electron chi connectivity index (χ3n) is 3.33. The zero-order chi connectivity index (χ0) is 15.7. The largest absolute Gasteiger partial charge is 0.505 e. The predicted molar refractivity (Wildman–Crippen MR) is 80.5 cm³/mol. The van der Waals surface area contributed by atoms with Gasteiger partial charge < -0.3 is 9.84 Å². The number of ether oxygens (including phenoxy) is 1. The first-order chi connectivity index (χ1) is 10.6. The molecule has 0 fully saturated rings. The zero-order valence-corrected chi connectivity index (χ0v) is 12.1. The minimum absolute atomic E-state index is 0.108. The van der Waals surface area contributed by atoms with Gasteiger partial charge in [-0.05, 0) is 31.2 Å². The monoisotopic (exact) mass is 295 g/mol. The highest BCUT2D eigenvalue weighted by Crippen LogP contribution is 2.30. The first kappa shape index (κ1) is 13.9. The summed E-state index contributed by atoms with van der Waals surface area (Å²) >= 11 is 0. The lowest BCUT2D eigenvalue weighted by atomic mass is 10.1. The maximum absolute atomic E-state index is 11.6. The Bertz CT molecular complexity index is 863. The van der Waals surface area contributed by atoms with Gasteiger partial charge in [0.1, 0.15) is 0 Å². The van der Waals surface area contributed by atoms with Crippen LogP contribution in [0.4, 0.5) is 0 Å². The standard InChI is InChI=1S/C16H13N3O3/c1-9-13-11(15(20)14(18-9)16(21)22-2)5-6-12(19-13)10-4-3-7-17-8-10/h3-8,20H,1-2H3. The van der Waals surface area contributed by atoms with Gasteiger partial charge in [0.2, 0.25) is 0 Å². The fraction of sp³-hybridized carbons (Fsp3) is 0.125. The number of fused-ring (bicyclic) bond motifs is 1. The van der Waals surface area contributed by atoms with Crippen LogP contribution < -0.4 is 0 Å². The van der Waals surface area contributed by atoms with Crippen molar-refractivity contribution in [2.45, 2.75) is 6.92 Å². The summed E-state index contributed by atoms with van der Waals surface area (Å²) in [4.78, 5) is 24.3. The molecule has 3 aromatic heterocycles. The number of rotatable bonds is 2. The van der Waals surface area contributed by atoms with Crippen LogP contribution in [-0.4, -0.2) is 33.1 Å². The van der Waals surface area contributed by atoms with Crippen molar-refractivity contribution < 1.29 is 14.6 Å². The molecule has 3 rings (SSSR count). The molecule has 0 aromatic carbocycles. The Hall–Kier alpha value is -3.02. The molecule has 0 spiro atoms. The molecule has 3 heterocycles. The number of carbonyl (C=O) groups is 1. The normalized spacial score (nSPS) is 10.6. The van der Waals surface area contributed by atoms with Gasteiger partial charge in [-0.3, -0.25) is 4.98 Å². The van der Waals surface area contributed by atoms with Gasteiger partial charge in [0.25, 0.3) is 0 Å². The highest BCUT2D eigenvalue weighted by Gasteiger charge is 2.19. The number of pyridine rings is 3. The number of aromatic nitrogens is 3. The van der Waals surface area contributed by atoms with E-state index in [2.05, 4.69) is 19.7 Å². The average Bonchev–Trinajstić information content (AvgIpc) is 2.57. The number of methoxy groups -OCH3 is 1. The Morgan fingerprint density at radius 2 is 2.05 bits per heavy atom. The molecule has 110 valence electrons. The Kier molecular flexibility index (Phi) is 3.42. The Morgan fingerprint density at radius 1 is 1.23 bits per heavy atom. The van der Waals surface area contributed by atoms with Crippen molar-refractivity contribution >= 4 is 16.9 Å². The summed E-state index contributed by atoms with van der Waals surface area (Å²) in [7, 11) is 1.24. The van der Waals surface area contributed by atoms with E-state index >= 15 is 0 Å². The van der Waals surface area contributed by atoms with E-state index < -0.39 is 5.97 Å². The molecule has 0 aliphatic carbocycles. The molecule has 0 saturated carbocycles. The Balaban J connectivity index is 2.23. The summed E-state index contributed by atoms with van der Waals surface area (Å²) in [5.74, 6) is -0.906. The minimum Gasteiger partial charge on any atom is -0.505 e. The van der Waals surface area contributed by atoms with Gasteiger partial charge in [-0.25, -0.2) is 14.8 Å². The molecule has 0 radical (unpaired) electrons. The summed E-state index contributed by atoms with van der Waals surface area (Å²) in [6.07, 6.45) is 3.39. The minimum atomic E-state index is -0.682. The molecule has 3 aromatic rings. The molecule has 22 heavy (non-hydrogen) atoms. The number of carbonyl (C=O) groups excluding carboxylic acids is 1. The van der Waals surface area contributed by atoms with Crippen molar-refractivity contribution in [1.82, 2.24) is 15.0 Å². The third-order valence-corrected chi connectivity index (χ3v) is 3.33. The van der Waals surface area contributed by atoms with Gasteiger partial charge in [0, 0.05) is 23.3 Å². The highest BCUT2D eigenvalue weighted by molar-refractivity contribution is 5.99. The highest BCUT2D eigenvalue weighted by atomic mass is 16.5. The lowest BCUT2D eigenvalue weighted by Crippen LogP contribution is -2.07. The van der Waals surface area contributed by atoms with Crippen LogP contribution in [0.15, 0.2) is 36.7 Å². The van der Waals surface area contributed by atoms with E-state index in [0.717, 1.165) is 11.3 Å². The molecule has 1 N–H and O–H groups in total. The summed E-state index contributed by atoms with van der Waals surface area (Å²) in [5, 5.41) is 10.7. The van der Waals surface area contributed by atoms with Crippen LogP contribution in [0.3, 0.4) is 0 Å². The first-order valence-corrected chi connectivity index (χ1v) is 6.61. The number of hydrogen-bond acceptors (Lipinski definition) is 6. The van der Waals surface area contributed by atoms with E-state index in [-0.39, 0.29) is 11.4 Å². The lowest BCUT2D eigenvalue weighted by Gasteiger charge is -2.09. The van der Waals surface area contributed by atoms with E-state index in [9.17, 15) is 9.90 Å². The second-order valence-electron chi connectivity index (χ2n) is 4.72. The number of esters is 1. The van der Waals surface area contributed by atoms with Crippen molar-refractivity contribution in [2.75, 3.05) is 7.11 Å². The van der Waals surface area contributed by atoms with Crippen molar-refractivity contribution in [1.29, 1.82) is 0 Å². The SMILES string of the molecule is COC(=O)c1nc(C)c2nc(-c3cccnc3)ccc2c1O. The summed E-state index contributed by atoms with van der Waals surface area (Å²) in [6, 6.07) is 7.19. The third kappa shape index (κ3) is 2.24. The molecule has 0 atom stereocenters. The van der Waals surface area contributed by atoms with Crippen LogP contribution in [0.1, 0.15) is 16.2 Å². The maximum atomic E-state index is 11.6. The lowest BCUT2D eigenvalue weighted by molar-refractivity contribution is 0.0590. The van der Waals surface area contributed by atoms with E-state index in [0.29, 0.717) is 16.6 Å². The van der Waals surface area contributed by atoms with Gasteiger partial charge >= 0.3 is 5.97 Å². The van der Waals surface area contributed by atoms with Gasteiger partial charge in [-0.15, -0.1) is 0 Å². The van der Waals surface area contributed by atoms with Crippen molar-refractivity contribution in [2.24, 2.45) is 0 Å². The molecular formula is C16H13N3O3. The molecule has 0 aliphatic heterocycles. The van der Waals surface area contributed by atoms with Gasteiger partial charge in [-0.2, -0.15) is 0 Å². The molecular weight excluding hydrogens is 282 g/mol. The summed E-state index contributed by atoms with van der Waals surface area (Å²) in [5.41, 5.74) is 2.55. The van der Waals surface area contributed by atoms with Gasteiger partial charge in [0.05, 0.1) is 24.0 Å². The van der Waals surface area contributed by atoms with Crippen LogP contribution in [0.5, 0.6) is 5.75 Å². The van der Waals surface area contributed by atoms with E-state index in [1.807, 2.05) is 12.1 Å². The number of aryl methyl sites for hydroxylation is 1. The molecule has 0 bridgehead atoms. The summed E-state index contributed by atoms with van der Waals surface area (Å²) in [6.45, 7) is 1.73. The molecule has 0 aliphatic rings. The molecule has 6 heteroatoms. The van der Waals surface area contributed by atoms with E-state index in [1.54, 1.807) is 31.5 Å². The van der Waals surface area contributed by atoms with Gasteiger partial charge in [-0.1, -0.05) is 0 Å². The zero-order valence-electron chi connectivity index (χ0n) is 12.1. The molecule has 6 nitrogen and oxygen atoms in total. The number of hydrogen-bond donors (Lipinski definition) is 1. The predicted octanol–water partition coefficient (Wildman–Crippen LogP) is 2.49. The second-order valence-corrected chi connectivity index (χ2v) is 4.72. The van der Waals surface area contributed by atoms with Crippen LogP contribution in [-0.2, 0) is 4.74 Å².